The van der Waals surface area contributed by atoms with Gasteiger partial charge in [0.15, 0.2) is 5.16 Å². The minimum Gasteiger partial charge on any atom is -0.369 e. The molecule has 1 heterocycles. The normalized spacial score (nSPS) is 10.9. The highest BCUT2D eigenvalue weighted by atomic mass is 35.5. The van der Waals surface area contributed by atoms with Gasteiger partial charge in [-0.2, -0.15) is 0 Å². The Morgan fingerprint density at radius 2 is 1.93 bits per heavy atom. The van der Waals surface area contributed by atoms with Crippen molar-refractivity contribution in [2.24, 2.45) is 5.73 Å². The Labute approximate surface area is 169 Å². The van der Waals surface area contributed by atoms with E-state index in [0.717, 1.165) is 5.75 Å². The van der Waals surface area contributed by atoms with Gasteiger partial charge in [-0.3, -0.25) is 9.36 Å². The van der Waals surface area contributed by atoms with Gasteiger partial charge in [-0.15, -0.1) is 22.0 Å². The van der Waals surface area contributed by atoms with Gasteiger partial charge in [0.2, 0.25) is 5.91 Å². The van der Waals surface area contributed by atoms with Crippen molar-refractivity contribution in [1.29, 1.82) is 0 Å². The Kier molecular flexibility index (Phi) is 6.76. The Morgan fingerprint density at radius 1 is 1.15 bits per heavy atom. The van der Waals surface area contributed by atoms with E-state index in [4.69, 9.17) is 17.3 Å². The molecule has 0 spiro atoms. The van der Waals surface area contributed by atoms with Gasteiger partial charge >= 0.3 is 0 Å². The van der Waals surface area contributed by atoms with Crippen LogP contribution in [0.3, 0.4) is 0 Å². The van der Waals surface area contributed by atoms with E-state index < -0.39 is 11.7 Å². The summed E-state index contributed by atoms with van der Waals surface area (Å²) in [5, 5.41) is 8.91. The third-order valence-corrected chi connectivity index (χ3v) is 5.79. The molecule has 3 aromatic rings. The van der Waals surface area contributed by atoms with E-state index in [1.54, 1.807) is 22.4 Å². The molecule has 27 heavy (non-hydrogen) atoms. The summed E-state index contributed by atoms with van der Waals surface area (Å²) in [6.07, 6.45) is 0. The van der Waals surface area contributed by atoms with Crippen molar-refractivity contribution >= 4 is 41.0 Å². The Balaban J connectivity index is 1.83. The lowest BCUT2D eigenvalue weighted by Crippen LogP contribution is -2.14. The van der Waals surface area contributed by atoms with E-state index in [0.29, 0.717) is 22.4 Å². The van der Waals surface area contributed by atoms with Gasteiger partial charge in [0, 0.05) is 5.75 Å². The van der Waals surface area contributed by atoms with Gasteiger partial charge in [-0.25, -0.2) is 4.39 Å². The van der Waals surface area contributed by atoms with Gasteiger partial charge < -0.3 is 5.73 Å². The Bertz CT molecular complexity index is 936. The van der Waals surface area contributed by atoms with Gasteiger partial charge in [-0.05, 0) is 23.8 Å². The molecule has 1 aromatic heterocycles. The van der Waals surface area contributed by atoms with Crippen molar-refractivity contribution < 1.29 is 9.18 Å². The number of carbonyl (C=O) groups is 1. The molecule has 0 fully saturated rings. The number of hydrogen-bond donors (Lipinski definition) is 1. The average Bonchev–Trinajstić information content (AvgIpc) is 3.06. The number of hydrogen-bond acceptors (Lipinski definition) is 5. The summed E-state index contributed by atoms with van der Waals surface area (Å²) in [5.41, 5.74) is 7.08. The summed E-state index contributed by atoms with van der Waals surface area (Å²) < 4.78 is 15.3. The zero-order chi connectivity index (χ0) is 19.2. The highest BCUT2D eigenvalue weighted by molar-refractivity contribution is 7.99. The predicted octanol–water partition coefficient (Wildman–Crippen LogP) is 4.07. The van der Waals surface area contributed by atoms with E-state index >= 15 is 0 Å². The number of amides is 1. The molecule has 0 saturated carbocycles. The van der Waals surface area contributed by atoms with Crippen molar-refractivity contribution in [1.82, 2.24) is 14.8 Å². The van der Waals surface area contributed by atoms with Crippen LogP contribution in [0, 0.1) is 5.82 Å². The van der Waals surface area contributed by atoms with Gasteiger partial charge in [0.1, 0.15) is 11.6 Å². The molecule has 3 rings (SSSR count). The molecule has 1 amide bonds. The third kappa shape index (κ3) is 5.24. The van der Waals surface area contributed by atoms with Gasteiger partial charge in [0.25, 0.3) is 0 Å². The largest absolute Gasteiger partial charge is 0.369 e. The number of thioether (sulfide) groups is 2. The summed E-state index contributed by atoms with van der Waals surface area (Å²) in [7, 11) is 0. The summed E-state index contributed by atoms with van der Waals surface area (Å²) in [6.45, 7) is 0. The standard InChI is InChI=1S/C18H16ClFN4OS2/c19-14-8-13(6-7-15(14)20)24-17(22-23-18(24)27-10-16(21)25)11-26-9-12-4-2-1-3-5-12/h1-8H,9-11H2,(H2,21,25). The Morgan fingerprint density at radius 3 is 2.63 bits per heavy atom. The molecular formula is C18H16ClFN4OS2. The fourth-order valence-electron chi connectivity index (χ4n) is 2.34. The molecule has 0 aliphatic heterocycles. The van der Waals surface area contributed by atoms with Crippen LogP contribution in [0.5, 0.6) is 0 Å². The molecule has 0 radical (unpaired) electrons. The number of carbonyl (C=O) groups excluding carboxylic acids is 1. The minimum atomic E-state index is -0.500. The van der Waals surface area contributed by atoms with Crippen LogP contribution in [0.2, 0.25) is 5.02 Å². The van der Waals surface area contributed by atoms with E-state index in [2.05, 4.69) is 22.3 Å². The van der Waals surface area contributed by atoms with E-state index in [1.807, 2.05) is 18.2 Å². The van der Waals surface area contributed by atoms with Crippen LogP contribution in [0.1, 0.15) is 11.4 Å². The molecule has 0 bridgehead atoms. The number of aromatic nitrogens is 3. The summed E-state index contributed by atoms with van der Waals surface area (Å²) >= 11 is 8.79. The van der Waals surface area contributed by atoms with Crippen LogP contribution in [0.15, 0.2) is 53.7 Å². The molecular weight excluding hydrogens is 407 g/mol. The first-order chi connectivity index (χ1) is 13.0. The average molecular weight is 423 g/mol. The fourth-order valence-corrected chi connectivity index (χ4v) is 4.13. The molecule has 2 N–H and O–H groups in total. The quantitative estimate of drug-likeness (QED) is 0.554. The van der Waals surface area contributed by atoms with Crippen LogP contribution in [-0.2, 0) is 16.3 Å². The maximum absolute atomic E-state index is 13.5. The summed E-state index contributed by atoms with van der Waals surface area (Å²) in [6, 6.07) is 14.5. The second-order valence-corrected chi connectivity index (χ2v) is 7.90. The maximum atomic E-state index is 13.5. The van der Waals surface area contributed by atoms with Gasteiger partial charge in [-0.1, -0.05) is 53.7 Å². The van der Waals surface area contributed by atoms with Crippen molar-refractivity contribution in [3.05, 3.63) is 70.8 Å². The Hall–Kier alpha value is -2.03. The maximum Gasteiger partial charge on any atom is 0.227 e. The third-order valence-electron chi connectivity index (χ3n) is 3.55. The topological polar surface area (TPSA) is 73.8 Å². The van der Waals surface area contributed by atoms with Crippen LogP contribution >= 0.6 is 35.1 Å². The minimum absolute atomic E-state index is 0.00920. The van der Waals surface area contributed by atoms with E-state index in [-0.39, 0.29) is 10.8 Å². The number of nitrogens with two attached hydrogens (primary N) is 1. The second-order valence-electron chi connectivity index (χ2n) is 5.57. The molecule has 0 aliphatic carbocycles. The predicted molar refractivity (Wildman–Crippen MR) is 108 cm³/mol. The SMILES string of the molecule is NC(=O)CSc1nnc(CSCc2ccccc2)n1-c1ccc(F)c(Cl)c1. The number of benzene rings is 2. The van der Waals surface area contributed by atoms with Crippen molar-refractivity contribution in [3.8, 4) is 5.69 Å². The molecule has 5 nitrogen and oxygen atoms in total. The van der Waals surface area contributed by atoms with Crippen LogP contribution < -0.4 is 5.73 Å². The van der Waals surface area contributed by atoms with Crippen molar-refractivity contribution in [2.45, 2.75) is 16.7 Å². The first-order valence-corrected chi connectivity index (χ1v) is 10.5. The molecule has 0 atom stereocenters. The van der Waals surface area contributed by atoms with Crippen molar-refractivity contribution in [2.75, 3.05) is 5.75 Å². The lowest BCUT2D eigenvalue weighted by molar-refractivity contribution is -0.115. The lowest BCUT2D eigenvalue weighted by Gasteiger charge is -2.10. The fraction of sp³-hybridized carbons (Fsp3) is 0.167. The van der Waals surface area contributed by atoms with E-state index in [9.17, 15) is 9.18 Å². The molecule has 0 saturated heterocycles. The number of halogens is 2. The molecule has 140 valence electrons. The van der Waals surface area contributed by atoms with Crippen molar-refractivity contribution in [3.63, 3.8) is 0 Å². The molecule has 9 heteroatoms. The highest BCUT2D eigenvalue weighted by Crippen LogP contribution is 2.27. The first kappa shape index (κ1) is 19.7. The summed E-state index contributed by atoms with van der Waals surface area (Å²) in [5.74, 6) is 1.22. The van der Waals surface area contributed by atoms with E-state index in [1.165, 1.54) is 29.5 Å². The first-order valence-electron chi connectivity index (χ1n) is 7.97. The zero-order valence-corrected chi connectivity index (χ0v) is 16.5. The van der Waals surface area contributed by atoms with Crippen LogP contribution in [0.25, 0.3) is 5.69 Å². The van der Waals surface area contributed by atoms with Gasteiger partial charge in [0.05, 0.1) is 22.2 Å². The summed E-state index contributed by atoms with van der Waals surface area (Å²) in [4.78, 5) is 11.1. The number of rotatable bonds is 8. The number of nitrogens with zero attached hydrogens (tertiary/aromatic N) is 3. The van der Waals surface area contributed by atoms with Crippen LogP contribution in [0.4, 0.5) is 4.39 Å². The second kappa shape index (κ2) is 9.25. The smallest absolute Gasteiger partial charge is 0.227 e. The highest BCUT2D eigenvalue weighted by Gasteiger charge is 2.16. The molecule has 0 aliphatic rings. The molecule has 0 unspecified atom stereocenters. The molecule has 2 aromatic carbocycles. The zero-order valence-electron chi connectivity index (χ0n) is 14.1. The number of primary amides is 1. The monoisotopic (exact) mass is 422 g/mol. The van der Waals surface area contributed by atoms with Crippen LogP contribution in [-0.4, -0.2) is 26.4 Å². The lowest BCUT2D eigenvalue weighted by atomic mass is 10.2.